The van der Waals surface area contributed by atoms with Gasteiger partial charge in [-0.1, -0.05) is 0 Å². The smallest absolute Gasteiger partial charge is 0.265 e. The minimum atomic E-state index is -3.33. The van der Waals surface area contributed by atoms with E-state index in [0.717, 1.165) is 15.8 Å². The topological polar surface area (TPSA) is 75.7 Å². The normalized spacial score (nSPS) is 11.4. The van der Waals surface area contributed by atoms with E-state index in [1.807, 2.05) is 13.0 Å². The Hall–Kier alpha value is -2.58. The van der Waals surface area contributed by atoms with Crippen LogP contribution in [0.4, 0.5) is 11.4 Å². The van der Waals surface area contributed by atoms with Crippen LogP contribution in [-0.2, 0) is 10.0 Å². The van der Waals surface area contributed by atoms with Gasteiger partial charge in [-0.2, -0.15) is 0 Å². The summed E-state index contributed by atoms with van der Waals surface area (Å²) in [6.45, 7) is 4.11. The molecule has 0 saturated heterocycles. The standard InChI is InChI=1S/C20H22N2O4S2/c1-4-26-17-9-6-15(7-10-17)21-20(23)19-13-14-12-16(8-11-18(14)27-19)22(3)28(24,25)5-2/h6-13H,4-5H2,1-3H3,(H,21,23). The van der Waals surface area contributed by atoms with Crippen LogP contribution < -0.4 is 14.4 Å². The summed E-state index contributed by atoms with van der Waals surface area (Å²) in [7, 11) is -1.80. The first kappa shape index (κ1) is 20.2. The number of ether oxygens (including phenoxy) is 1. The maximum atomic E-state index is 12.6. The van der Waals surface area contributed by atoms with Crippen LogP contribution in [0.25, 0.3) is 10.1 Å². The molecule has 0 atom stereocenters. The number of amides is 1. The minimum Gasteiger partial charge on any atom is -0.494 e. The van der Waals surface area contributed by atoms with E-state index >= 15 is 0 Å². The van der Waals surface area contributed by atoms with Crippen LogP contribution in [0.5, 0.6) is 5.75 Å². The molecule has 3 aromatic rings. The Balaban J connectivity index is 1.80. The molecule has 1 amide bonds. The molecule has 1 aromatic heterocycles. The molecule has 1 heterocycles. The summed E-state index contributed by atoms with van der Waals surface area (Å²) in [4.78, 5) is 13.1. The van der Waals surface area contributed by atoms with E-state index in [4.69, 9.17) is 4.74 Å². The van der Waals surface area contributed by atoms with Crippen molar-refractivity contribution in [2.45, 2.75) is 13.8 Å². The maximum absolute atomic E-state index is 12.6. The van der Waals surface area contributed by atoms with E-state index in [1.165, 1.54) is 22.7 Å². The Bertz CT molecular complexity index is 1090. The van der Waals surface area contributed by atoms with Gasteiger partial charge >= 0.3 is 0 Å². The first-order valence-electron chi connectivity index (χ1n) is 8.88. The third-order valence-electron chi connectivity index (χ3n) is 4.29. The average Bonchev–Trinajstić information content (AvgIpc) is 3.12. The molecule has 0 fully saturated rings. The minimum absolute atomic E-state index is 0.0287. The van der Waals surface area contributed by atoms with Gasteiger partial charge in [-0.05, 0) is 67.8 Å². The van der Waals surface area contributed by atoms with Crippen LogP contribution in [0.1, 0.15) is 23.5 Å². The molecule has 148 valence electrons. The Morgan fingerprint density at radius 1 is 1.11 bits per heavy atom. The van der Waals surface area contributed by atoms with Gasteiger partial charge in [0.1, 0.15) is 5.75 Å². The molecule has 28 heavy (non-hydrogen) atoms. The number of thiophene rings is 1. The second-order valence-corrected chi connectivity index (χ2v) is 9.49. The number of anilines is 2. The zero-order chi connectivity index (χ0) is 20.3. The van der Waals surface area contributed by atoms with Gasteiger partial charge in [0, 0.05) is 17.4 Å². The summed E-state index contributed by atoms with van der Waals surface area (Å²) >= 11 is 1.36. The van der Waals surface area contributed by atoms with Gasteiger partial charge in [-0.15, -0.1) is 11.3 Å². The van der Waals surface area contributed by atoms with Gasteiger partial charge in [-0.3, -0.25) is 9.10 Å². The van der Waals surface area contributed by atoms with E-state index < -0.39 is 10.0 Å². The fourth-order valence-electron chi connectivity index (χ4n) is 2.69. The Labute approximate surface area is 168 Å². The van der Waals surface area contributed by atoms with Crippen LogP contribution >= 0.6 is 11.3 Å². The van der Waals surface area contributed by atoms with Gasteiger partial charge in [0.25, 0.3) is 5.91 Å². The highest BCUT2D eigenvalue weighted by molar-refractivity contribution is 7.92. The summed E-state index contributed by atoms with van der Waals surface area (Å²) < 4.78 is 31.7. The molecule has 1 N–H and O–H groups in total. The number of nitrogens with zero attached hydrogens (tertiary/aromatic N) is 1. The highest BCUT2D eigenvalue weighted by atomic mass is 32.2. The molecule has 0 unspecified atom stereocenters. The van der Waals surface area contributed by atoms with Crippen molar-refractivity contribution in [2.24, 2.45) is 0 Å². The monoisotopic (exact) mass is 418 g/mol. The molecule has 6 nitrogen and oxygen atoms in total. The van der Waals surface area contributed by atoms with E-state index in [2.05, 4.69) is 5.32 Å². The van der Waals surface area contributed by atoms with Crippen molar-refractivity contribution < 1.29 is 17.9 Å². The molecule has 0 radical (unpaired) electrons. The lowest BCUT2D eigenvalue weighted by Gasteiger charge is -2.18. The number of rotatable bonds is 7. The van der Waals surface area contributed by atoms with Crippen LogP contribution in [0.15, 0.2) is 48.5 Å². The van der Waals surface area contributed by atoms with Gasteiger partial charge in [0.2, 0.25) is 10.0 Å². The zero-order valence-corrected chi connectivity index (χ0v) is 17.6. The number of fused-ring (bicyclic) bond motifs is 1. The SMILES string of the molecule is CCOc1ccc(NC(=O)c2cc3cc(N(C)S(=O)(=O)CC)ccc3s2)cc1. The Morgan fingerprint density at radius 2 is 1.82 bits per heavy atom. The molecule has 0 bridgehead atoms. The van der Waals surface area contributed by atoms with Gasteiger partial charge in [-0.25, -0.2) is 8.42 Å². The van der Waals surface area contributed by atoms with Crippen molar-refractivity contribution in [1.29, 1.82) is 0 Å². The number of sulfonamides is 1. The lowest BCUT2D eigenvalue weighted by atomic mass is 10.2. The van der Waals surface area contributed by atoms with E-state index in [9.17, 15) is 13.2 Å². The van der Waals surface area contributed by atoms with Crippen LogP contribution in [0.3, 0.4) is 0 Å². The van der Waals surface area contributed by atoms with Crippen molar-refractivity contribution in [3.63, 3.8) is 0 Å². The Morgan fingerprint density at radius 3 is 2.46 bits per heavy atom. The fourth-order valence-corrected chi connectivity index (χ4v) is 4.45. The number of hydrogen-bond donors (Lipinski definition) is 1. The third-order valence-corrected chi connectivity index (χ3v) is 7.18. The first-order valence-corrected chi connectivity index (χ1v) is 11.3. The molecule has 0 spiro atoms. The predicted octanol–water partition coefficient (Wildman–Crippen LogP) is 4.34. The highest BCUT2D eigenvalue weighted by Gasteiger charge is 2.17. The molecule has 0 aliphatic heterocycles. The molecular formula is C20H22N2O4S2. The lowest BCUT2D eigenvalue weighted by Crippen LogP contribution is -2.27. The third kappa shape index (κ3) is 4.28. The number of nitrogens with one attached hydrogen (secondary N) is 1. The number of benzene rings is 2. The van der Waals surface area contributed by atoms with E-state index in [0.29, 0.717) is 22.9 Å². The summed E-state index contributed by atoms with van der Waals surface area (Å²) in [5, 5.41) is 3.70. The molecular weight excluding hydrogens is 396 g/mol. The highest BCUT2D eigenvalue weighted by Crippen LogP contribution is 2.30. The summed E-state index contributed by atoms with van der Waals surface area (Å²) in [6.07, 6.45) is 0. The van der Waals surface area contributed by atoms with E-state index in [-0.39, 0.29) is 11.7 Å². The summed E-state index contributed by atoms with van der Waals surface area (Å²) in [5.41, 5.74) is 1.26. The lowest BCUT2D eigenvalue weighted by molar-refractivity contribution is 0.103. The first-order chi connectivity index (χ1) is 13.3. The molecule has 8 heteroatoms. The van der Waals surface area contributed by atoms with Crippen molar-refractivity contribution in [2.75, 3.05) is 29.0 Å². The summed E-state index contributed by atoms with van der Waals surface area (Å²) in [6, 6.07) is 14.3. The number of carbonyl (C=O) groups excluding carboxylic acids is 1. The predicted molar refractivity (Wildman–Crippen MR) is 115 cm³/mol. The molecule has 0 aliphatic rings. The van der Waals surface area contributed by atoms with Crippen LogP contribution in [-0.4, -0.2) is 33.7 Å². The van der Waals surface area contributed by atoms with Crippen molar-refractivity contribution in [3.05, 3.63) is 53.4 Å². The maximum Gasteiger partial charge on any atom is 0.265 e. The van der Waals surface area contributed by atoms with Crippen molar-refractivity contribution in [3.8, 4) is 5.75 Å². The van der Waals surface area contributed by atoms with Crippen LogP contribution in [0, 0.1) is 0 Å². The molecule has 0 aliphatic carbocycles. The molecule has 3 rings (SSSR count). The summed E-state index contributed by atoms with van der Waals surface area (Å²) in [5.74, 6) is 0.573. The number of carbonyl (C=O) groups is 1. The molecule has 0 saturated carbocycles. The quantitative estimate of drug-likeness (QED) is 0.619. The van der Waals surface area contributed by atoms with Gasteiger partial charge in [0.05, 0.1) is 22.9 Å². The Kier molecular flexibility index (Phi) is 5.90. The fraction of sp³-hybridized carbons (Fsp3) is 0.250. The van der Waals surface area contributed by atoms with Crippen molar-refractivity contribution in [1.82, 2.24) is 0 Å². The zero-order valence-electron chi connectivity index (χ0n) is 15.9. The van der Waals surface area contributed by atoms with Gasteiger partial charge in [0.15, 0.2) is 0 Å². The second-order valence-electron chi connectivity index (χ2n) is 6.11. The van der Waals surface area contributed by atoms with Crippen molar-refractivity contribution >= 4 is 48.7 Å². The number of hydrogen-bond acceptors (Lipinski definition) is 5. The average molecular weight is 419 g/mol. The largest absolute Gasteiger partial charge is 0.494 e. The van der Waals surface area contributed by atoms with Crippen LogP contribution in [0.2, 0.25) is 0 Å². The van der Waals surface area contributed by atoms with E-state index in [1.54, 1.807) is 49.4 Å². The van der Waals surface area contributed by atoms with Gasteiger partial charge < -0.3 is 10.1 Å². The molecule has 2 aromatic carbocycles. The second kappa shape index (κ2) is 8.20.